The Morgan fingerprint density at radius 1 is 0.452 bits per heavy atom. The van der Waals surface area contributed by atoms with E-state index in [-0.39, 0.29) is 5.54 Å². The molecule has 6 aromatic rings. The number of hydrogen-bond acceptors (Lipinski definition) is 0. The van der Waals surface area contributed by atoms with Crippen LogP contribution < -0.4 is 10.4 Å². The van der Waals surface area contributed by atoms with Gasteiger partial charge in [0.05, 0.1) is 0 Å². The molecule has 0 unspecified atom stereocenters. The number of fused-ring (bicyclic) bond motifs is 4. The van der Waals surface area contributed by atoms with Gasteiger partial charge in [-0.25, -0.2) is 0 Å². The molecule has 2 aliphatic carbocycles. The van der Waals surface area contributed by atoms with E-state index in [9.17, 15) is 0 Å². The van der Waals surface area contributed by atoms with Gasteiger partial charge in [0.1, 0.15) is 0 Å². The number of hydrogen-bond donors (Lipinski definition) is 0. The molecule has 8 rings (SSSR count). The Labute approximate surface area is 249 Å². The Kier molecular flexibility index (Phi) is 5.94. The lowest BCUT2D eigenvalue weighted by Gasteiger charge is -2.42. The van der Waals surface area contributed by atoms with Crippen LogP contribution in [0.1, 0.15) is 34.7 Å². The SMILES string of the molecule is CC1=C([Si](c2ccccc2)(c2ccccc2)C2c3ccccc3-c3ccccc32)c2cccc(-c3ccccc3)c2C1. The fourth-order valence-electron chi connectivity index (χ4n) is 7.99. The van der Waals surface area contributed by atoms with Crippen LogP contribution in [0.2, 0.25) is 0 Å². The van der Waals surface area contributed by atoms with E-state index >= 15 is 0 Å². The summed E-state index contributed by atoms with van der Waals surface area (Å²) in [5.74, 6) is 0. The Morgan fingerprint density at radius 3 is 1.48 bits per heavy atom. The molecule has 42 heavy (non-hydrogen) atoms. The fraction of sp³-hybridized carbons (Fsp3) is 0.0732. The molecule has 0 nitrogen and oxygen atoms in total. The van der Waals surface area contributed by atoms with Gasteiger partial charge in [-0.2, -0.15) is 0 Å². The third-order valence-corrected chi connectivity index (χ3v) is 15.0. The van der Waals surface area contributed by atoms with E-state index in [4.69, 9.17) is 0 Å². The minimum atomic E-state index is -2.74. The second-order valence-electron chi connectivity index (χ2n) is 11.7. The molecule has 200 valence electrons. The minimum Gasteiger partial charge on any atom is -0.0682 e. The molecule has 1 heteroatoms. The highest BCUT2D eigenvalue weighted by molar-refractivity contribution is 7.16. The number of benzene rings is 6. The van der Waals surface area contributed by atoms with Gasteiger partial charge in [0, 0.05) is 5.54 Å². The topological polar surface area (TPSA) is 0 Å². The van der Waals surface area contributed by atoms with E-state index in [1.54, 1.807) is 5.20 Å². The molecule has 0 saturated carbocycles. The van der Waals surface area contributed by atoms with Gasteiger partial charge >= 0.3 is 0 Å². The Balaban J connectivity index is 1.51. The molecule has 0 spiro atoms. The van der Waals surface area contributed by atoms with E-state index in [0.29, 0.717) is 0 Å². The smallest absolute Gasteiger partial charge is 0.0682 e. The molecule has 0 heterocycles. The van der Waals surface area contributed by atoms with E-state index in [2.05, 4.69) is 165 Å². The van der Waals surface area contributed by atoms with E-state index in [1.165, 1.54) is 60.5 Å². The van der Waals surface area contributed by atoms with Crippen molar-refractivity contribution in [2.45, 2.75) is 18.9 Å². The van der Waals surface area contributed by atoms with E-state index < -0.39 is 8.07 Å². The molecule has 0 amide bonds. The molecule has 6 aromatic carbocycles. The number of allylic oxidation sites excluding steroid dienone is 1. The van der Waals surface area contributed by atoms with Gasteiger partial charge in [-0.1, -0.05) is 163 Å². The Morgan fingerprint density at radius 2 is 0.905 bits per heavy atom. The molecule has 0 fully saturated rings. The maximum atomic E-state index is 2.42. The lowest BCUT2D eigenvalue weighted by atomic mass is 9.96. The zero-order chi connectivity index (χ0) is 28.1. The van der Waals surface area contributed by atoms with Crippen LogP contribution in [-0.4, -0.2) is 8.07 Å². The molecule has 0 N–H and O–H groups in total. The Bertz CT molecular complexity index is 1870. The highest BCUT2D eigenvalue weighted by atomic mass is 28.3. The average molecular weight is 553 g/mol. The van der Waals surface area contributed by atoms with Crippen LogP contribution >= 0.6 is 0 Å². The largest absolute Gasteiger partial charge is 0.160 e. The molecule has 0 radical (unpaired) electrons. The molecule has 0 aromatic heterocycles. The summed E-state index contributed by atoms with van der Waals surface area (Å²) in [7, 11) is -2.74. The fourth-order valence-corrected chi connectivity index (χ4v) is 14.1. The predicted octanol–water partition coefficient (Wildman–Crippen LogP) is 8.84. The van der Waals surface area contributed by atoms with E-state index in [1.807, 2.05) is 0 Å². The Hall–Kier alpha value is -4.72. The quantitative estimate of drug-likeness (QED) is 0.187. The van der Waals surface area contributed by atoms with Crippen LogP contribution in [0, 0.1) is 0 Å². The van der Waals surface area contributed by atoms with Crippen molar-refractivity contribution in [1.82, 2.24) is 0 Å². The zero-order valence-electron chi connectivity index (χ0n) is 23.8. The van der Waals surface area contributed by atoms with Gasteiger partial charge in [-0.15, -0.1) is 0 Å². The van der Waals surface area contributed by atoms with Crippen molar-refractivity contribution in [2.24, 2.45) is 0 Å². The van der Waals surface area contributed by atoms with Gasteiger partial charge in [0.25, 0.3) is 0 Å². The van der Waals surface area contributed by atoms with Crippen molar-refractivity contribution in [3.63, 3.8) is 0 Å². The molecule has 0 saturated heterocycles. The summed E-state index contributed by atoms with van der Waals surface area (Å²) in [5.41, 5.74) is 13.0. The lowest BCUT2D eigenvalue weighted by molar-refractivity contribution is 1.15. The van der Waals surface area contributed by atoms with Crippen molar-refractivity contribution in [1.29, 1.82) is 0 Å². The third-order valence-electron chi connectivity index (χ3n) is 9.52. The molecular formula is C41H32Si. The van der Waals surface area contributed by atoms with Gasteiger partial charge < -0.3 is 0 Å². The first-order valence-electron chi connectivity index (χ1n) is 15.0. The summed E-state index contributed by atoms with van der Waals surface area (Å²) in [4.78, 5) is 0. The third kappa shape index (κ3) is 3.60. The van der Waals surface area contributed by atoms with Crippen LogP contribution in [-0.2, 0) is 6.42 Å². The maximum absolute atomic E-state index is 2.74. The van der Waals surface area contributed by atoms with Crippen LogP contribution in [0.5, 0.6) is 0 Å². The van der Waals surface area contributed by atoms with Gasteiger partial charge in [0.2, 0.25) is 0 Å². The highest BCUT2D eigenvalue weighted by Crippen LogP contribution is 2.54. The van der Waals surface area contributed by atoms with Crippen LogP contribution in [0.4, 0.5) is 0 Å². The first-order chi connectivity index (χ1) is 20.8. The second kappa shape index (κ2) is 9.97. The van der Waals surface area contributed by atoms with Crippen molar-refractivity contribution in [3.8, 4) is 22.3 Å². The monoisotopic (exact) mass is 552 g/mol. The van der Waals surface area contributed by atoms with Crippen molar-refractivity contribution in [2.75, 3.05) is 0 Å². The summed E-state index contributed by atoms with van der Waals surface area (Å²) in [6.45, 7) is 2.41. The average Bonchev–Trinajstić information content (AvgIpc) is 3.58. The molecular weight excluding hydrogens is 521 g/mol. The minimum absolute atomic E-state index is 0.256. The van der Waals surface area contributed by atoms with Gasteiger partial charge in [-0.3, -0.25) is 0 Å². The summed E-state index contributed by atoms with van der Waals surface area (Å²) < 4.78 is 0. The lowest BCUT2D eigenvalue weighted by Crippen LogP contribution is -2.64. The van der Waals surface area contributed by atoms with Crippen LogP contribution in [0.25, 0.3) is 27.5 Å². The molecule has 0 aliphatic heterocycles. The van der Waals surface area contributed by atoms with Crippen molar-refractivity contribution < 1.29 is 0 Å². The maximum Gasteiger partial charge on any atom is 0.160 e. The normalized spacial score (nSPS) is 14.0. The zero-order valence-corrected chi connectivity index (χ0v) is 24.8. The second-order valence-corrected chi connectivity index (χ2v) is 15.5. The number of rotatable bonds is 5. The molecule has 0 bridgehead atoms. The first-order valence-corrected chi connectivity index (χ1v) is 17.0. The van der Waals surface area contributed by atoms with Crippen LogP contribution in [0.3, 0.4) is 0 Å². The van der Waals surface area contributed by atoms with Crippen molar-refractivity contribution >= 4 is 23.6 Å². The summed E-state index contributed by atoms with van der Waals surface area (Å²) >= 11 is 0. The van der Waals surface area contributed by atoms with Gasteiger partial charge in [0.15, 0.2) is 8.07 Å². The summed E-state index contributed by atoms with van der Waals surface area (Å²) in [6.07, 6.45) is 0.986. The van der Waals surface area contributed by atoms with Crippen molar-refractivity contribution in [3.05, 3.63) is 186 Å². The predicted molar refractivity (Wildman–Crippen MR) is 180 cm³/mol. The first kappa shape index (κ1) is 25.0. The van der Waals surface area contributed by atoms with E-state index in [0.717, 1.165) is 6.42 Å². The van der Waals surface area contributed by atoms with Gasteiger partial charge in [-0.05, 0) is 73.4 Å². The highest BCUT2D eigenvalue weighted by Gasteiger charge is 2.54. The molecule has 2 aliphatic rings. The summed E-state index contributed by atoms with van der Waals surface area (Å²) in [5, 5.41) is 4.53. The summed E-state index contributed by atoms with van der Waals surface area (Å²) in [6, 6.07) is 59.3. The molecule has 0 atom stereocenters. The standard InChI is InChI=1S/C41H32Si/c1-29-28-39-33(30-16-5-2-6-17-30)26-15-27-38(39)40(29)42(31-18-7-3-8-19-31,32-20-9-4-10-21-32)41-36-24-13-11-22-34(36)35-23-12-14-25-37(35)41/h2-27,41H,28H2,1H3. The van der Waals surface area contributed by atoms with Crippen LogP contribution in [0.15, 0.2) is 163 Å².